The number of benzene rings is 2. The zero-order valence-electron chi connectivity index (χ0n) is 17.3. The number of aromatic amines is 2. The van der Waals surface area contributed by atoms with Crippen molar-refractivity contribution in [3.8, 4) is 11.3 Å². The molecule has 32 heavy (non-hydrogen) atoms. The van der Waals surface area contributed by atoms with Crippen molar-refractivity contribution in [1.82, 2.24) is 25.1 Å². The first kappa shape index (κ1) is 18.6. The number of para-hydroxylation sites is 1. The van der Waals surface area contributed by atoms with Crippen molar-refractivity contribution in [2.24, 2.45) is 0 Å². The van der Waals surface area contributed by atoms with Crippen molar-refractivity contribution in [2.75, 3.05) is 6.54 Å². The zero-order chi connectivity index (χ0) is 21.5. The highest BCUT2D eigenvalue weighted by Crippen LogP contribution is 2.38. The summed E-state index contributed by atoms with van der Waals surface area (Å²) in [5.41, 5.74) is 6.43. The van der Waals surface area contributed by atoms with E-state index in [0.29, 0.717) is 12.2 Å². The second-order valence-electron chi connectivity index (χ2n) is 8.00. The molecule has 1 amide bonds. The molecule has 0 spiro atoms. The average Bonchev–Trinajstić information content (AvgIpc) is 3.49. The van der Waals surface area contributed by atoms with Crippen LogP contribution >= 0.6 is 0 Å². The fourth-order valence-corrected chi connectivity index (χ4v) is 4.65. The molecule has 1 atom stereocenters. The third-order valence-corrected chi connectivity index (χ3v) is 6.14. The SMILES string of the molecule is O=C(c1cc(-c2ccccc2)n[nH]1)N1CCc2c([nH]c3ccccc23)[C@@H]1c1ccccn1. The van der Waals surface area contributed by atoms with E-state index in [2.05, 4.69) is 38.4 Å². The van der Waals surface area contributed by atoms with Gasteiger partial charge in [0.05, 0.1) is 11.4 Å². The maximum atomic E-state index is 13.7. The monoisotopic (exact) mass is 419 g/mol. The molecule has 1 aliphatic heterocycles. The molecular weight excluding hydrogens is 398 g/mol. The van der Waals surface area contributed by atoms with Crippen LogP contribution in [0.4, 0.5) is 0 Å². The summed E-state index contributed by atoms with van der Waals surface area (Å²) in [6, 6.07) is 25.5. The Morgan fingerprint density at radius 3 is 2.62 bits per heavy atom. The molecule has 1 aliphatic rings. The highest BCUT2D eigenvalue weighted by Gasteiger charge is 2.36. The lowest BCUT2D eigenvalue weighted by atomic mass is 9.94. The van der Waals surface area contributed by atoms with E-state index in [9.17, 15) is 4.79 Å². The van der Waals surface area contributed by atoms with Gasteiger partial charge in [0.15, 0.2) is 0 Å². The van der Waals surface area contributed by atoms with Gasteiger partial charge in [0.25, 0.3) is 5.91 Å². The van der Waals surface area contributed by atoms with E-state index in [0.717, 1.165) is 34.6 Å². The highest BCUT2D eigenvalue weighted by atomic mass is 16.2. The van der Waals surface area contributed by atoms with E-state index in [1.807, 2.05) is 65.6 Å². The van der Waals surface area contributed by atoms with Gasteiger partial charge in [0.2, 0.25) is 0 Å². The Hall–Kier alpha value is -4.19. The Morgan fingerprint density at radius 2 is 1.78 bits per heavy atom. The minimum atomic E-state index is -0.289. The molecule has 0 unspecified atom stereocenters. The third kappa shape index (κ3) is 3.00. The second kappa shape index (κ2) is 7.50. The van der Waals surface area contributed by atoms with Gasteiger partial charge in [-0.15, -0.1) is 0 Å². The quantitative estimate of drug-likeness (QED) is 0.443. The Kier molecular flexibility index (Phi) is 4.35. The average molecular weight is 419 g/mol. The number of rotatable bonds is 3. The molecule has 2 aromatic carbocycles. The van der Waals surface area contributed by atoms with Gasteiger partial charge in [0, 0.05) is 34.9 Å². The smallest absolute Gasteiger partial charge is 0.272 e. The summed E-state index contributed by atoms with van der Waals surface area (Å²) in [5.74, 6) is -0.0837. The summed E-state index contributed by atoms with van der Waals surface area (Å²) in [6.45, 7) is 0.606. The van der Waals surface area contributed by atoms with Gasteiger partial charge in [-0.05, 0) is 36.2 Å². The molecule has 0 radical (unpaired) electrons. The van der Waals surface area contributed by atoms with E-state index in [-0.39, 0.29) is 11.9 Å². The Morgan fingerprint density at radius 1 is 0.969 bits per heavy atom. The molecule has 3 aromatic heterocycles. The van der Waals surface area contributed by atoms with Gasteiger partial charge in [-0.3, -0.25) is 14.9 Å². The van der Waals surface area contributed by atoms with Gasteiger partial charge in [-0.1, -0.05) is 54.6 Å². The summed E-state index contributed by atoms with van der Waals surface area (Å²) in [5, 5.41) is 8.55. The van der Waals surface area contributed by atoms with E-state index in [1.54, 1.807) is 6.20 Å². The summed E-state index contributed by atoms with van der Waals surface area (Å²) >= 11 is 0. The normalized spacial score (nSPS) is 15.6. The second-order valence-corrected chi connectivity index (χ2v) is 8.00. The van der Waals surface area contributed by atoms with Crippen LogP contribution in [0.25, 0.3) is 22.2 Å². The van der Waals surface area contributed by atoms with Crippen LogP contribution in [0.5, 0.6) is 0 Å². The molecule has 0 aliphatic carbocycles. The molecule has 6 heteroatoms. The van der Waals surface area contributed by atoms with Crippen LogP contribution in [0, 0.1) is 0 Å². The third-order valence-electron chi connectivity index (χ3n) is 6.14. The van der Waals surface area contributed by atoms with Gasteiger partial charge < -0.3 is 9.88 Å². The molecule has 0 saturated carbocycles. The lowest BCUT2D eigenvalue weighted by Gasteiger charge is -2.35. The number of H-pyrrole nitrogens is 2. The summed E-state index contributed by atoms with van der Waals surface area (Å²) in [6.07, 6.45) is 2.56. The molecule has 0 saturated heterocycles. The number of pyridine rings is 1. The van der Waals surface area contributed by atoms with Crippen LogP contribution in [0.15, 0.2) is 85.1 Å². The first-order chi connectivity index (χ1) is 15.8. The number of carbonyl (C=O) groups is 1. The van der Waals surface area contributed by atoms with Crippen LogP contribution in [0.3, 0.4) is 0 Å². The maximum Gasteiger partial charge on any atom is 0.272 e. The molecule has 6 nitrogen and oxygen atoms in total. The Bertz CT molecular complexity index is 1400. The fourth-order valence-electron chi connectivity index (χ4n) is 4.65. The molecule has 0 bridgehead atoms. The summed E-state index contributed by atoms with van der Waals surface area (Å²) in [4.78, 5) is 23.7. The van der Waals surface area contributed by atoms with Crippen molar-refractivity contribution in [1.29, 1.82) is 0 Å². The molecule has 156 valence electrons. The first-order valence-electron chi connectivity index (χ1n) is 10.7. The van der Waals surface area contributed by atoms with Crippen LogP contribution in [-0.2, 0) is 6.42 Å². The van der Waals surface area contributed by atoms with E-state index in [4.69, 9.17) is 0 Å². The van der Waals surface area contributed by atoms with Crippen molar-refractivity contribution in [2.45, 2.75) is 12.5 Å². The summed E-state index contributed by atoms with van der Waals surface area (Å²) in [7, 11) is 0. The van der Waals surface area contributed by atoms with Crippen LogP contribution < -0.4 is 0 Å². The molecule has 5 aromatic rings. The molecule has 6 rings (SSSR count). The molecular formula is C26H21N5O. The van der Waals surface area contributed by atoms with Crippen molar-refractivity contribution >= 4 is 16.8 Å². The largest absolute Gasteiger partial charge is 0.356 e. The molecule has 4 heterocycles. The van der Waals surface area contributed by atoms with Crippen molar-refractivity contribution < 1.29 is 4.79 Å². The predicted octanol–water partition coefficient (Wildman–Crippen LogP) is 4.74. The van der Waals surface area contributed by atoms with E-state index in [1.165, 1.54) is 10.9 Å². The minimum absolute atomic E-state index is 0.0837. The number of hydrogen-bond acceptors (Lipinski definition) is 3. The maximum absolute atomic E-state index is 13.7. The summed E-state index contributed by atoms with van der Waals surface area (Å²) < 4.78 is 0. The predicted molar refractivity (Wildman–Crippen MR) is 123 cm³/mol. The van der Waals surface area contributed by atoms with Crippen LogP contribution in [-0.4, -0.2) is 37.5 Å². The van der Waals surface area contributed by atoms with E-state index >= 15 is 0 Å². The van der Waals surface area contributed by atoms with Crippen LogP contribution in [0.1, 0.15) is 33.5 Å². The van der Waals surface area contributed by atoms with Crippen molar-refractivity contribution in [3.63, 3.8) is 0 Å². The Labute approximate surface area is 184 Å². The van der Waals surface area contributed by atoms with Crippen molar-refractivity contribution in [3.05, 3.63) is 108 Å². The topological polar surface area (TPSA) is 77.7 Å². The number of amides is 1. The fraction of sp³-hybridized carbons (Fsp3) is 0.115. The highest BCUT2D eigenvalue weighted by molar-refractivity contribution is 5.95. The van der Waals surface area contributed by atoms with E-state index < -0.39 is 0 Å². The molecule has 2 N–H and O–H groups in total. The van der Waals surface area contributed by atoms with Gasteiger partial charge in [0.1, 0.15) is 11.7 Å². The molecule has 0 fully saturated rings. The zero-order valence-corrected chi connectivity index (χ0v) is 17.3. The number of carbonyl (C=O) groups excluding carboxylic acids is 1. The minimum Gasteiger partial charge on any atom is -0.356 e. The first-order valence-corrected chi connectivity index (χ1v) is 10.7. The standard InChI is InChI=1S/C26H21N5O/c32-26(23-16-22(29-30-23)17-8-2-1-3-9-17)31-15-13-19-18-10-4-5-11-20(18)28-24(19)25(31)21-12-6-7-14-27-21/h1-12,14,16,25,28H,13,15H2,(H,29,30)/t25-/m0/s1. The number of aromatic nitrogens is 4. The number of hydrogen-bond donors (Lipinski definition) is 2. The lowest BCUT2D eigenvalue weighted by molar-refractivity contribution is 0.0682. The van der Waals surface area contributed by atoms with Gasteiger partial charge in [-0.25, -0.2) is 0 Å². The number of nitrogens with zero attached hydrogens (tertiary/aromatic N) is 3. The Balaban J connectivity index is 1.43. The number of fused-ring (bicyclic) bond motifs is 3. The van der Waals surface area contributed by atoms with Gasteiger partial charge in [-0.2, -0.15) is 5.10 Å². The number of nitrogens with one attached hydrogen (secondary N) is 2. The lowest BCUT2D eigenvalue weighted by Crippen LogP contribution is -2.41. The van der Waals surface area contributed by atoms with Crippen LogP contribution in [0.2, 0.25) is 0 Å². The van der Waals surface area contributed by atoms with Gasteiger partial charge >= 0.3 is 0 Å².